The summed E-state index contributed by atoms with van der Waals surface area (Å²) in [5, 5.41) is 4.03. The molecule has 0 saturated carbocycles. The zero-order valence-corrected chi connectivity index (χ0v) is 8.92. The maximum atomic E-state index is 5.57. The highest BCUT2D eigenvalue weighted by atomic mass is 16.5. The Bertz CT molecular complexity index is 432. The van der Waals surface area contributed by atoms with E-state index >= 15 is 0 Å². The molecule has 0 aromatic carbocycles. The quantitative estimate of drug-likeness (QED) is 0.755. The van der Waals surface area contributed by atoms with E-state index in [2.05, 4.69) is 21.6 Å². The lowest BCUT2D eigenvalue weighted by molar-refractivity contribution is 0.295. The number of aryl methyl sites for hydroxylation is 2. The summed E-state index contributed by atoms with van der Waals surface area (Å²) in [6.45, 7) is 3.51. The van der Waals surface area contributed by atoms with E-state index in [9.17, 15) is 0 Å². The van der Waals surface area contributed by atoms with Gasteiger partial charge in [-0.2, -0.15) is 5.10 Å². The minimum absolute atomic E-state index is 0.527. The van der Waals surface area contributed by atoms with E-state index in [0.717, 1.165) is 18.0 Å². The van der Waals surface area contributed by atoms with Crippen LogP contribution in [0.4, 0.5) is 0 Å². The Morgan fingerprint density at radius 1 is 1.40 bits per heavy atom. The SMILES string of the molecule is CCn1cncc1COc1cnn(C)c1. The van der Waals surface area contributed by atoms with Crippen molar-refractivity contribution < 1.29 is 4.74 Å². The third kappa shape index (κ3) is 2.18. The highest BCUT2D eigenvalue weighted by Gasteiger charge is 2.02. The molecule has 0 aliphatic carbocycles. The molecule has 2 rings (SSSR count). The normalized spacial score (nSPS) is 10.5. The second kappa shape index (κ2) is 4.16. The Morgan fingerprint density at radius 3 is 2.93 bits per heavy atom. The monoisotopic (exact) mass is 206 g/mol. The number of aromatic nitrogens is 4. The Morgan fingerprint density at radius 2 is 2.27 bits per heavy atom. The molecule has 0 unspecified atom stereocenters. The molecular weight excluding hydrogens is 192 g/mol. The largest absolute Gasteiger partial charge is 0.484 e. The first-order chi connectivity index (χ1) is 7.29. The van der Waals surface area contributed by atoms with E-state index in [0.29, 0.717) is 6.61 Å². The number of ether oxygens (including phenoxy) is 1. The summed E-state index contributed by atoms with van der Waals surface area (Å²) in [6.07, 6.45) is 7.17. The topological polar surface area (TPSA) is 44.9 Å². The van der Waals surface area contributed by atoms with Crippen LogP contribution < -0.4 is 4.74 Å². The highest BCUT2D eigenvalue weighted by Crippen LogP contribution is 2.10. The fourth-order valence-corrected chi connectivity index (χ4v) is 1.38. The Hall–Kier alpha value is -1.78. The van der Waals surface area contributed by atoms with Crippen LogP contribution in [0.3, 0.4) is 0 Å². The average Bonchev–Trinajstić information content (AvgIpc) is 2.83. The summed E-state index contributed by atoms with van der Waals surface area (Å²) in [6, 6.07) is 0. The molecule has 0 atom stereocenters. The molecule has 2 heterocycles. The van der Waals surface area contributed by atoms with Crippen LogP contribution in [0.2, 0.25) is 0 Å². The van der Waals surface area contributed by atoms with Gasteiger partial charge in [-0.25, -0.2) is 4.98 Å². The van der Waals surface area contributed by atoms with Crippen LogP contribution in [0.5, 0.6) is 5.75 Å². The highest BCUT2D eigenvalue weighted by molar-refractivity contribution is 5.12. The maximum absolute atomic E-state index is 5.57. The first-order valence-corrected chi connectivity index (χ1v) is 4.90. The molecule has 0 bridgehead atoms. The molecule has 2 aromatic rings. The molecule has 15 heavy (non-hydrogen) atoms. The Labute approximate surface area is 88.3 Å². The molecule has 0 N–H and O–H groups in total. The summed E-state index contributed by atoms with van der Waals surface area (Å²) in [5.74, 6) is 0.779. The second-order valence-corrected chi connectivity index (χ2v) is 3.31. The minimum Gasteiger partial charge on any atom is -0.484 e. The Kier molecular flexibility index (Phi) is 2.71. The van der Waals surface area contributed by atoms with Gasteiger partial charge in [-0.1, -0.05) is 0 Å². The van der Waals surface area contributed by atoms with E-state index < -0.39 is 0 Å². The summed E-state index contributed by atoms with van der Waals surface area (Å²) in [7, 11) is 1.86. The van der Waals surface area contributed by atoms with Crippen molar-refractivity contribution in [2.75, 3.05) is 0 Å². The van der Waals surface area contributed by atoms with Gasteiger partial charge in [0.15, 0.2) is 5.75 Å². The number of nitrogens with zero attached hydrogens (tertiary/aromatic N) is 4. The van der Waals surface area contributed by atoms with Gasteiger partial charge in [-0.3, -0.25) is 4.68 Å². The number of hydrogen-bond acceptors (Lipinski definition) is 3. The van der Waals surface area contributed by atoms with E-state index in [1.165, 1.54) is 0 Å². The summed E-state index contributed by atoms with van der Waals surface area (Å²) in [4.78, 5) is 4.07. The lowest BCUT2D eigenvalue weighted by Crippen LogP contribution is -2.03. The van der Waals surface area contributed by atoms with Crippen molar-refractivity contribution in [3.63, 3.8) is 0 Å². The van der Waals surface area contributed by atoms with Crippen molar-refractivity contribution in [2.24, 2.45) is 7.05 Å². The van der Waals surface area contributed by atoms with E-state index in [-0.39, 0.29) is 0 Å². The van der Waals surface area contributed by atoms with Gasteiger partial charge in [0.05, 0.1) is 30.6 Å². The van der Waals surface area contributed by atoms with Crippen LogP contribution in [-0.2, 0) is 20.2 Å². The van der Waals surface area contributed by atoms with E-state index in [1.807, 2.05) is 25.8 Å². The van der Waals surface area contributed by atoms with Crippen LogP contribution in [0.1, 0.15) is 12.6 Å². The van der Waals surface area contributed by atoms with Crippen molar-refractivity contribution in [2.45, 2.75) is 20.1 Å². The standard InChI is InChI=1S/C10H14N4O/c1-3-14-8-11-4-9(14)7-15-10-5-12-13(2)6-10/h4-6,8H,3,7H2,1-2H3. The maximum Gasteiger partial charge on any atom is 0.157 e. The van der Waals surface area contributed by atoms with Gasteiger partial charge in [0, 0.05) is 13.6 Å². The minimum atomic E-state index is 0.527. The molecule has 5 nitrogen and oxygen atoms in total. The molecule has 0 aliphatic heterocycles. The zero-order chi connectivity index (χ0) is 10.7. The van der Waals surface area contributed by atoms with Gasteiger partial charge in [0.1, 0.15) is 6.61 Å². The van der Waals surface area contributed by atoms with Crippen molar-refractivity contribution in [3.8, 4) is 5.75 Å². The second-order valence-electron chi connectivity index (χ2n) is 3.31. The predicted molar refractivity (Wildman–Crippen MR) is 55.4 cm³/mol. The van der Waals surface area contributed by atoms with Crippen LogP contribution in [0, 0.1) is 0 Å². The third-order valence-electron chi connectivity index (χ3n) is 2.21. The first kappa shape index (κ1) is 9.76. The van der Waals surface area contributed by atoms with Gasteiger partial charge in [0.2, 0.25) is 0 Å². The van der Waals surface area contributed by atoms with Crippen LogP contribution in [0.15, 0.2) is 24.9 Å². The predicted octanol–water partition coefficient (Wildman–Crippen LogP) is 1.22. The van der Waals surface area contributed by atoms with Gasteiger partial charge >= 0.3 is 0 Å². The van der Waals surface area contributed by atoms with Gasteiger partial charge in [-0.05, 0) is 6.92 Å². The summed E-state index contributed by atoms with van der Waals surface area (Å²) >= 11 is 0. The van der Waals surface area contributed by atoms with Crippen molar-refractivity contribution in [3.05, 3.63) is 30.6 Å². The smallest absolute Gasteiger partial charge is 0.157 e. The van der Waals surface area contributed by atoms with Gasteiger partial charge in [-0.15, -0.1) is 0 Å². The molecular formula is C10H14N4O. The van der Waals surface area contributed by atoms with Crippen molar-refractivity contribution in [1.29, 1.82) is 0 Å². The number of imidazole rings is 1. The molecule has 80 valence electrons. The van der Waals surface area contributed by atoms with Crippen LogP contribution >= 0.6 is 0 Å². The third-order valence-corrected chi connectivity index (χ3v) is 2.21. The molecule has 0 aliphatic rings. The molecule has 0 amide bonds. The van der Waals surface area contributed by atoms with E-state index in [1.54, 1.807) is 10.9 Å². The van der Waals surface area contributed by atoms with Gasteiger partial charge < -0.3 is 9.30 Å². The molecule has 0 radical (unpaired) electrons. The fourth-order valence-electron chi connectivity index (χ4n) is 1.38. The lowest BCUT2D eigenvalue weighted by Gasteiger charge is -2.05. The van der Waals surface area contributed by atoms with Crippen LogP contribution in [0.25, 0.3) is 0 Å². The van der Waals surface area contributed by atoms with E-state index in [4.69, 9.17) is 4.74 Å². The number of hydrogen-bond donors (Lipinski definition) is 0. The van der Waals surface area contributed by atoms with Crippen molar-refractivity contribution in [1.82, 2.24) is 19.3 Å². The zero-order valence-electron chi connectivity index (χ0n) is 8.92. The van der Waals surface area contributed by atoms with Crippen molar-refractivity contribution >= 4 is 0 Å². The molecule has 5 heteroatoms. The number of rotatable bonds is 4. The molecule has 0 fully saturated rings. The van der Waals surface area contributed by atoms with Gasteiger partial charge in [0.25, 0.3) is 0 Å². The first-order valence-electron chi connectivity index (χ1n) is 4.90. The fraction of sp³-hybridized carbons (Fsp3) is 0.400. The molecule has 0 saturated heterocycles. The van der Waals surface area contributed by atoms with Crippen LogP contribution in [-0.4, -0.2) is 19.3 Å². The lowest BCUT2D eigenvalue weighted by atomic mass is 10.5. The Balaban J connectivity index is 1.98. The molecule has 2 aromatic heterocycles. The summed E-state index contributed by atoms with van der Waals surface area (Å²) in [5.41, 5.74) is 1.07. The summed E-state index contributed by atoms with van der Waals surface area (Å²) < 4.78 is 9.34. The average molecular weight is 206 g/mol. The molecule has 0 spiro atoms.